The average Bonchev–Trinajstić information content (AvgIpc) is 3.01. The van der Waals surface area contributed by atoms with Gasteiger partial charge in [-0.1, -0.05) is 16.8 Å². The number of sulfonamides is 1. The molecule has 0 aliphatic carbocycles. The molecule has 1 fully saturated rings. The Morgan fingerprint density at radius 1 is 1.20 bits per heavy atom. The number of piperazine rings is 1. The van der Waals surface area contributed by atoms with E-state index in [1.54, 1.807) is 0 Å². The highest BCUT2D eigenvalue weighted by atomic mass is 35.5. The van der Waals surface area contributed by atoms with E-state index in [4.69, 9.17) is 16.1 Å². The summed E-state index contributed by atoms with van der Waals surface area (Å²) in [6.07, 6.45) is -4.66. The summed E-state index contributed by atoms with van der Waals surface area (Å²) >= 11 is 5.57. The van der Waals surface area contributed by atoms with Crippen LogP contribution in [0.3, 0.4) is 0 Å². The highest BCUT2D eigenvalue weighted by molar-refractivity contribution is 7.89. The molecular weight excluding hydrogens is 449 g/mol. The van der Waals surface area contributed by atoms with Gasteiger partial charge in [-0.2, -0.15) is 17.5 Å². The highest BCUT2D eigenvalue weighted by Gasteiger charge is 2.35. The van der Waals surface area contributed by atoms with Crippen LogP contribution in [0, 0.1) is 13.8 Å². The number of nitrogens with one attached hydrogen (secondary N) is 1. The Hall–Kier alpha value is -2.31. The van der Waals surface area contributed by atoms with Crippen molar-refractivity contribution in [2.75, 3.05) is 31.5 Å². The number of nitrogens with zero attached hydrogens (tertiary/aromatic N) is 3. The predicted octanol–water partition coefficient (Wildman–Crippen LogP) is 3.50. The zero-order valence-corrected chi connectivity index (χ0v) is 17.5. The first-order chi connectivity index (χ1) is 13.9. The van der Waals surface area contributed by atoms with Crippen molar-refractivity contribution in [3.05, 3.63) is 40.2 Å². The number of rotatable bonds is 3. The van der Waals surface area contributed by atoms with Crippen molar-refractivity contribution < 1.29 is 30.9 Å². The summed E-state index contributed by atoms with van der Waals surface area (Å²) < 4.78 is 70.7. The van der Waals surface area contributed by atoms with E-state index in [0.29, 0.717) is 0 Å². The second kappa shape index (κ2) is 8.08. The van der Waals surface area contributed by atoms with Crippen molar-refractivity contribution in [3.63, 3.8) is 0 Å². The van der Waals surface area contributed by atoms with Crippen molar-refractivity contribution in [1.82, 2.24) is 14.4 Å². The van der Waals surface area contributed by atoms with E-state index in [1.807, 2.05) is 0 Å². The molecule has 3 rings (SSSR count). The van der Waals surface area contributed by atoms with Gasteiger partial charge in [0.15, 0.2) is 5.76 Å². The van der Waals surface area contributed by atoms with Crippen LogP contribution in [0.25, 0.3) is 0 Å². The minimum absolute atomic E-state index is 0.00115. The molecule has 0 saturated carbocycles. The normalized spacial score (nSPS) is 16.0. The molecule has 1 aliphatic heterocycles. The van der Waals surface area contributed by atoms with Crippen LogP contribution in [0.4, 0.5) is 23.7 Å². The third-order valence-electron chi connectivity index (χ3n) is 4.61. The summed E-state index contributed by atoms with van der Waals surface area (Å²) in [6, 6.07) is 2.42. The van der Waals surface area contributed by atoms with Crippen LogP contribution in [-0.2, 0) is 16.2 Å². The number of hydrogen-bond donors (Lipinski definition) is 1. The van der Waals surface area contributed by atoms with Crippen LogP contribution < -0.4 is 5.32 Å². The van der Waals surface area contributed by atoms with Gasteiger partial charge in [0.2, 0.25) is 10.0 Å². The third kappa shape index (κ3) is 4.40. The number of aromatic nitrogens is 1. The van der Waals surface area contributed by atoms with E-state index in [1.165, 1.54) is 29.1 Å². The van der Waals surface area contributed by atoms with Gasteiger partial charge in [0.1, 0.15) is 10.6 Å². The molecule has 0 atom stereocenters. The summed E-state index contributed by atoms with van der Waals surface area (Å²) in [7, 11) is -3.84. The van der Waals surface area contributed by atoms with Crippen molar-refractivity contribution in [2.24, 2.45) is 0 Å². The van der Waals surface area contributed by atoms with Crippen LogP contribution in [0.15, 0.2) is 27.6 Å². The first-order valence-electron chi connectivity index (χ1n) is 8.77. The molecule has 8 nitrogen and oxygen atoms in total. The van der Waals surface area contributed by atoms with Crippen LogP contribution >= 0.6 is 11.6 Å². The Labute approximate surface area is 175 Å². The maximum absolute atomic E-state index is 13.0. The molecule has 0 spiro atoms. The Balaban J connectivity index is 1.66. The third-order valence-corrected chi connectivity index (χ3v) is 7.09. The Morgan fingerprint density at radius 3 is 2.37 bits per heavy atom. The summed E-state index contributed by atoms with van der Waals surface area (Å²) in [4.78, 5) is 13.7. The van der Waals surface area contributed by atoms with Gasteiger partial charge in [0, 0.05) is 31.9 Å². The molecule has 0 bridgehead atoms. The van der Waals surface area contributed by atoms with Crippen molar-refractivity contribution in [1.29, 1.82) is 0 Å². The van der Waals surface area contributed by atoms with Gasteiger partial charge < -0.3 is 14.7 Å². The SMILES string of the molecule is Cc1noc(C)c1S(=O)(=O)N1CCN(C(=O)Nc2ccc(Cl)c(C(F)(F)F)c2)CC1. The largest absolute Gasteiger partial charge is 0.417 e. The topological polar surface area (TPSA) is 95.8 Å². The van der Waals surface area contributed by atoms with E-state index in [0.717, 1.165) is 12.1 Å². The summed E-state index contributed by atoms with van der Waals surface area (Å²) in [5, 5.41) is 5.57. The smallest absolute Gasteiger partial charge is 0.360 e. The number of amides is 2. The average molecular weight is 467 g/mol. The predicted molar refractivity (Wildman–Crippen MR) is 102 cm³/mol. The Morgan fingerprint density at radius 2 is 1.83 bits per heavy atom. The number of benzene rings is 1. The molecule has 164 valence electrons. The lowest BCUT2D eigenvalue weighted by Gasteiger charge is -2.33. The number of alkyl halides is 3. The lowest BCUT2D eigenvalue weighted by molar-refractivity contribution is -0.137. The first-order valence-corrected chi connectivity index (χ1v) is 10.6. The van der Waals surface area contributed by atoms with Crippen LogP contribution in [0.2, 0.25) is 5.02 Å². The Bertz CT molecular complexity index is 1040. The van der Waals surface area contributed by atoms with Crippen molar-refractivity contribution in [2.45, 2.75) is 24.9 Å². The minimum atomic E-state index is -4.66. The van der Waals surface area contributed by atoms with Gasteiger partial charge in [-0.25, -0.2) is 13.2 Å². The van der Waals surface area contributed by atoms with Crippen molar-refractivity contribution in [3.8, 4) is 0 Å². The number of hydrogen-bond acceptors (Lipinski definition) is 5. The van der Waals surface area contributed by atoms with Crippen LogP contribution in [0.1, 0.15) is 17.0 Å². The fourth-order valence-electron chi connectivity index (χ4n) is 3.13. The molecule has 13 heteroatoms. The number of aryl methyl sites for hydroxylation is 2. The molecule has 0 radical (unpaired) electrons. The number of halogens is 4. The number of urea groups is 1. The Kier molecular flexibility index (Phi) is 6.03. The van der Waals surface area contributed by atoms with Gasteiger partial charge in [0.05, 0.1) is 10.6 Å². The number of carbonyl (C=O) groups excluding carboxylic acids is 1. The zero-order chi connectivity index (χ0) is 22.3. The van der Waals surface area contributed by atoms with E-state index in [2.05, 4.69) is 10.5 Å². The second-order valence-corrected chi connectivity index (χ2v) is 8.95. The first kappa shape index (κ1) is 22.4. The minimum Gasteiger partial charge on any atom is -0.360 e. The molecular formula is C17H18ClF3N4O4S. The number of anilines is 1. The maximum Gasteiger partial charge on any atom is 0.417 e. The monoisotopic (exact) mass is 466 g/mol. The summed E-state index contributed by atoms with van der Waals surface area (Å²) in [5.74, 6) is 0.177. The molecule has 30 heavy (non-hydrogen) atoms. The standard InChI is InChI=1S/C17H18ClF3N4O4S/c1-10-15(11(2)29-23-10)30(27,28)25-7-5-24(6-8-25)16(26)22-12-3-4-14(18)13(9-12)17(19,20)21/h3-4,9H,5-8H2,1-2H3,(H,22,26). The van der Waals surface area contributed by atoms with E-state index < -0.39 is 32.8 Å². The fourth-order valence-corrected chi connectivity index (χ4v) is 5.06. The van der Waals surface area contributed by atoms with Crippen LogP contribution in [0.5, 0.6) is 0 Å². The molecule has 1 saturated heterocycles. The lowest BCUT2D eigenvalue weighted by Crippen LogP contribution is -2.51. The van der Waals surface area contributed by atoms with Gasteiger partial charge in [-0.05, 0) is 32.0 Å². The molecule has 2 heterocycles. The highest BCUT2D eigenvalue weighted by Crippen LogP contribution is 2.36. The molecule has 1 aromatic heterocycles. The zero-order valence-electron chi connectivity index (χ0n) is 16.0. The molecule has 2 aromatic rings. The van der Waals surface area contributed by atoms with E-state index in [-0.39, 0.29) is 48.2 Å². The molecule has 0 unspecified atom stereocenters. The molecule has 1 aromatic carbocycles. The van der Waals surface area contributed by atoms with Gasteiger partial charge in [-0.3, -0.25) is 0 Å². The van der Waals surface area contributed by atoms with Crippen molar-refractivity contribution >= 4 is 33.3 Å². The maximum atomic E-state index is 13.0. The molecule has 1 N–H and O–H groups in total. The number of carbonyl (C=O) groups is 1. The summed E-state index contributed by atoms with van der Waals surface area (Å²) in [5.41, 5.74) is -0.879. The van der Waals surface area contributed by atoms with E-state index in [9.17, 15) is 26.4 Å². The summed E-state index contributed by atoms with van der Waals surface area (Å²) in [6.45, 7) is 3.19. The quantitative estimate of drug-likeness (QED) is 0.747. The molecule has 1 aliphatic rings. The van der Waals surface area contributed by atoms with E-state index >= 15 is 0 Å². The van der Waals surface area contributed by atoms with Crippen LogP contribution in [-0.4, -0.2) is 55.0 Å². The van der Waals surface area contributed by atoms with Gasteiger partial charge >= 0.3 is 12.2 Å². The second-order valence-electron chi connectivity index (χ2n) is 6.67. The van der Waals surface area contributed by atoms with Gasteiger partial charge in [-0.15, -0.1) is 0 Å². The molecule has 2 amide bonds. The lowest BCUT2D eigenvalue weighted by atomic mass is 10.2. The van der Waals surface area contributed by atoms with Gasteiger partial charge in [0.25, 0.3) is 0 Å². The fraction of sp³-hybridized carbons (Fsp3) is 0.412.